The number of halogens is 2. The van der Waals surface area contributed by atoms with E-state index in [0.717, 1.165) is 0 Å². The molecule has 4 aromatic rings. The Bertz CT molecular complexity index is 931. The fourth-order valence-electron chi connectivity index (χ4n) is 1.95. The number of aromatic nitrogens is 4. The van der Waals surface area contributed by atoms with Crippen molar-refractivity contribution in [2.24, 2.45) is 0 Å². The molecule has 0 spiro atoms. The SMILES string of the molecule is Fc1ccc(Cl)cc1-c1nn2c(-c3ccco3)nnc2s1. The minimum absolute atomic E-state index is 0.336. The topological polar surface area (TPSA) is 56.2 Å². The third-order valence-electron chi connectivity index (χ3n) is 2.89. The van der Waals surface area contributed by atoms with Gasteiger partial charge < -0.3 is 4.42 Å². The first kappa shape index (κ1) is 12.5. The van der Waals surface area contributed by atoms with Crippen molar-refractivity contribution in [2.75, 3.05) is 0 Å². The largest absolute Gasteiger partial charge is 0.461 e. The highest BCUT2D eigenvalue weighted by Gasteiger charge is 2.17. The summed E-state index contributed by atoms with van der Waals surface area (Å²) in [5.74, 6) is 0.634. The van der Waals surface area contributed by atoms with E-state index in [2.05, 4.69) is 15.3 Å². The Labute approximate surface area is 126 Å². The highest BCUT2D eigenvalue weighted by atomic mass is 35.5. The molecule has 0 aliphatic rings. The predicted molar refractivity (Wildman–Crippen MR) is 76.8 cm³/mol. The Morgan fingerprint density at radius 1 is 1.24 bits per heavy atom. The van der Waals surface area contributed by atoms with E-state index < -0.39 is 0 Å². The number of fused-ring (bicyclic) bond motifs is 1. The summed E-state index contributed by atoms with van der Waals surface area (Å²) in [5, 5.41) is 13.3. The van der Waals surface area contributed by atoms with Crippen LogP contribution < -0.4 is 0 Å². The lowest BCUT2D eigenvalue weighted by Crippen LogP contribution is -1.90. The zero-order valence-electron chi connectivity index (χ0n) is 10.3. The van der Waals surface area contributed by atoms with E-state index in [0.29, 0.717) is 32.1 Å². The fourth-order valence-corrected chi connectivity index (χ4v) is 2.98. The van der Waals surface area contributed by atoms with Gasteiger partial charge in [0.1, 0.15) is 5.82 Å². The van der Waals surface area contributed by atoms with E-state index in [1.165, 1.54) is 34.1 Å². The van der Waals surface area contributed by atoms with Crippen LogP contribution in [0.4, 0.5) is 4.39 Å². The van der Waals surface area contributed by atoms with Gasteiger partial charge in [0.15, 0.2) is 10.8 Å². The molecule has 0 fully saturated rings. The molecule has 0 aliphatic carbocycles. The first-order valence-electron chi connectivity index (χ1n) is 5.94. The number of hydrogen-bond acceptors (Lipinski definition) is 5. The number of benzene rings is 1. The second-order valence-corrected chi connectivity index (χ2v) is 5.62. The van der Waals surface area contributed by atoms with E-state index in [1.807, 2.05) is 0 Å². The second-order valence-electron chi connectivity index (χ2n) is 4.23. The Hall–Kier alpha value is -2.25. The summed E-state index contributed by atoms with van der Waals surface area (Å²) in [6.45, 7) is 0. The molecule has 1 aromatic carbocycles. The van der Waals surface area contributed by atoms with Gasteiger partial charge in [-0.25, -0.2) is 4.39 Å². The molecule has 3 heterocycles. The van der Waals surface area contributed by atoms with Crippen molar-refractivity contribution in [3.8, 4) is 22.2 Å². The Morgan fingerprint density at radius 3 is 2.95 bits per heavy atom. The Morgan fingerprint density at radius 2 is 2.14 bits per heavy atom. The smallest absolute Gasteiger partial charge is 0.235 e. The molecular formula is C13H6ClFN4OS. The maximum atomic E-state index is 13.9. The zero-order valence-corrected chi connectivity index (χ0v) is 11.9. The molecule has 5 nitrogen and oxygen atoms in total. The standard InChI is InChI=1S/C13H6ClFN4OS/c14-7-3-4-9(15)8(6-7)12-18-19-11(10-2-1-5-20-10)16-17-13(19)21-12/h1-6H. The van der Waals surface area contributed by atoms with Gasteiger partial charge >= 0.3 is 0 Å². The molecule has 0 aliphatic heterocycles. The maximum absolute atomic E-state index is 13.9. The molecule has 0 bridgehead atoms. The first-order chi connectivity index (χ1) is 10.2. The molecule has 0 amide bonds. The highest BCUT2D eigenvalue weighted by molar-refractivity contribution is 7.19. The number of hydrogen-bond donors (Lipinski definition) is 0. The third kappa shape index (κ3) is 2.01. The molecular weight excluding hydrogens is 315 g/mol. The molecule has 3 aromatic heterocycles. The fraction of sp³-hybridized carbons (Fsp3) is 0. The molecule has 0 saturated carbocycles. The lowest BCUT2D eigenvalue weighted by atomic mass is 10.2. The molecule has 4 rings (SSSR count). The molecule has 8 heteroatoms. The molecule has 0 saturated heterocycles. The second kappa shape index (κ2) is 4.64. The molecule has 0 radical (unpaired) electrons. The van der Waals surface area contributed by atoms with Crippen molar-refractivity contribution in [1.29, 1.82) is 0 Å². The summed E-state index contributed by atoms with van der Waals surface area (Å²) >= 11 is 7.14. The van der Waals surface area contributed by atoms with Crippen LogP contribution in [0.15, 0.2) is 41.0 Å². The highest BCUT2D eigenvalue weighted by Crippen LogP contribution is 2.31. The van der Waals surface area contributed by atoms with Gasteiger partial charge in [0.05, 0.1) is 6.26 Å². The van der Waals surface area contributed by atoms with Crippen molar-refractivity contribution >= 4 is 27.9 Å². The van der Waals surface area contributed by atoms with Gasteiger partial charge in [-0.3, -0.25) is 0 Å². The summed E-state index contributed by atoms with van der Waals surface area (Å²) in [6, 6.07) is 7.85. The van der Waals surface area contributed by atoms with Gasteiger partial charge in [-0.2, -0.15) is 9.61 Å². The van der Waals surface area contributed by atoms with Crippen molar-refractivity contribution in [2.45, 2.75) is 0 Å². The summed E-state index contributed by atoms with van der Waals surface area (Å²) in [7, 11) is 0. The average molecular weight is 321 g/mol. The van der Waals surface area contributed by atoms with E-state index in [4.69, 9.17) is 16.0 Å². The quantitative estimate of drug-likeness (QED) is 0.562. The van der Waals surface area contributed by atoms with Gasteiger partial charge in [-0.1, -0.05) is 22.9 Å². The van der Waals surface area contributed by atoms with Crippen LogP contribution in [0, 0.1) is 5.82 Å². The molecule has 0 N–H and O–H groups in total. The predicted octanol–water partition coefficient (Wildman–Crippen LogP) is 3.91. The van der Waals surface area contributed by atoms with Crippen LogP contribution in [0.25, 0.3) is 27.1 Å². The van der Waals surface area contributed by atoms with Crippen LogP contribution in [0.2, 0.25) is 5.02 Å². The number of furan rings is 1. The van der Waals surface area contributed by atoms with Gasteiger partial charge in [0.2, 0.25) is 10.8 Å². The van der Waals surface area contributed by atoms with Crippen molar-refractivity contribution in [1.82, 2.24) is 19.8 Å². The molecule has 0 unspecified atom stereocenters. The Kier molecular flexibility index (Phi) is 2.76. The average Bonchev–Trinajstić information content (AvgIpc) is 3.15. The van der Waals surface area contributed by atoms with Crippen LogP contribution >= 0.6 is 22.9 Å². The van der Waals surface area contributed by atoms with E-state index >= 15 is 0 Å². The molecule has 0 atom stereocenters. The lowest BCUT2D eigenvalue weighted by Gasteiger charge is -1.98. The van der Waals surface area contributed by atoms with Gasteiger partial charge in [-0.15, -0.1) is 10.2 Å². The minimum atomic E-state index is -0.385. The van der Waals surface area contributed by atoms with Crippen LogP contribution in [-0.2, 0) is 0 Å². The summed E-state index contributed by atoms with van der Waals surface area (Å²) in [6.07, 6.45) is 1.54. The summed E-state index contributed by atoms with van der Waals surface area (Å²) < 4.78 is 20.7. The number of nitrogens with zero attached hydrogens (tertiary/aromatic N) is 4. The number of rotatable bonds is 2. The van der Waals surface area contributed by atoms with Crippen LogP contribution in [0.1, 0.15) is 0 Å². The monoisotopic (exact) mass is 320 g/mol. The van der Waals surface area contributed by atoms with Crippen LogP contribution in [-0.4, -0.2) is 19.8 Å². The summed E-state index contributed by atoms with van der Waals surface area (Å²) in [5.41, 5.74) is 0.336. The van der Waals surface area contributed by atoms with Gasteiger partial charge in [0, 0.05) is 10.6 Å². The van der Waals surface area contributed by atoms with Gasteiger partial charge in [0.25, 0.3) is 0 Å². The van der Waals surface area contributed by atoms with E-state index in [1.54, 1.807) is 18.4 Å². The lowest BCUT2D eigenvalue weighted by molar-refractivity contribution is 0.575. The summed E-state index contributed by atoms with van der Waals surface area (Å²) in [4.78, 5) is 0.552. The van der Waals surface area contributed by atoms with Crippen molar-refractivity contribution in [3.63, 3.8) is 0 Å². The maximum Gasteiger partial charge on any atom is 0.235 e. The molecule has 21 heavy (non-hydrogen) atoms. The van der Waals surface area contributed by atoms with Crippen LogP contribution in [0.5, 0.6) is 0 Å². The molecule has 104 valence electrons. The zero-order chi connectivity index (χ0) is 14.4. The van der Waals surface area contributed by atoms with E-state index in [9.17, 15) is 4.39 Å². The van der Waals surface area contributed by atoms with Crippen molar-refractivity contribution < 1.29 is 8.81 Å². The van der Waals surface area contributed by atoms with Gasteiger partial charge in [-0.05, 0) is 30.3 Å². The van der Waals surface area contributed by atoms with Crippen LogP contribution in [0.3, 0.4) is 0 Å². The van der Waals surface area contributed by atoms with E-state index in [-0.39, 0.29) is 5.82 Å². The normalized spacial score (nSPS) is 11.3. The third-order valence-corrected chi connectivity index (χ3v) is 4.06. The first-order valence-corrected chi connectivity index (χ1v) is 7.13. The minimum Gasteiger partial charge on any atom is -0.461 e. The Balaban J connectivity index is 1.90. The van der Waals surface area contributed by atoms with Crippen molar-refractivity contribution in [3.05, 3.63) is 47.4 Å².